The molecule has 0 aliphatic rings. The molecule has 1 radical (unpaired) electrons. The van der Waals surface area contributed by atoms with Crippen LogP contribution in [0.5, 0.6) is 0 Å². The Labute approximate surface area is 162 Å². The van der Waals surface area contributed by atoms with E-state index >= 15 is 0 Å². The Bertz CT molecular complexity index is 1460. The van der Waals surface area contributed by atoms with E-state index < -0.39 is 17.9 Å². The number of benzene rings is 5. The summed E-state index contributed by atoms with van der Waals surface area (Å²) in [5.74, 6) is -3.49. The lowest BCUT2D eigenvalue weighted by atomic mass is 9.85. The van der Waals surface area contributed by atoms with Crippen LogP contribution in [0.25, 0.3) is 43.1 Å². The summed E-state index contributed by atoms with van der Waals surface area (Å²) in [5, 5.41) is 33.4. The Hall–Kier alpha value is -4.19. The van der Waals surface area contributed by atoms with Gasteiger partial charge in [0.1, 0.15) is 0 Å². The van der Waals surface area contributed by atoms with Crippen LogP contribution in [0.3, 0.4) is 0 Å². The van der Waals surface area contributed by atoms with Crippen molar-refractivity contribution in [2.24, 2.45) is 0 Å². The van der Waals surface area contributed by atoms with Gasteiger partial charge in [-0.25, -0.2) is 14.4 Å². The highest BCUT2D eigenvalue weighted by Gasteiger charge is 2.23. The van der Waals surface area contributed by atoms with Crippen LogP contribution < -0.4 is 0 Å². The molecule has 0 heterocycles. The molecule has 6 heteroatoms. The third-order valence-corrected chi connectivity index (χ3v) is 5.38. The van der Waals surface area contributed by atoms with Crippen molar-refractivity contribution in [1.82, 2.24) is 0 Å². The second kappa shape index (κ2) is 5.65. The van der Waals surface area contributed by atoms with Gasteiger partial charge in [0.05, 0.1) is 16.7 Å². The predicted octanol–water partition coefficient (Wildman–Crippen LogP) is 4.63. The Morgan fingerprint density at radius 1 is 0.552 bits per heavy atom. The van der Waals surface area contributed by atoms with E-state index in [2.05, 4.69) is 6.07 Å². The molecule has 0 spiro atoms. The van der Waals surface area contributed by atoms with Gasteiger partial charge in [0, 0.05) is 10.8 Å². The van der Waals surface area contributed by atoms with Crippen molar-refractivity contribution in [3.8, 4) is 0 Å². The molecule has 3 N–H and O–H groups in total. The fourth-order valence-electron chi connectivity index (χ4n) is 4.25. The number of rotatable bonds is 3. The second-order valence-electron chi connectivity index (χ2n) is 6.79. The van der Waals surface area contributed by atoms with Gasteiger partial charge in [-0.2, -0.15) is 0 Å². The van der Waals surface area contributed by atoms with Crippen LogP contribution in [-0.4, -0.2) is 33.2 Å². The molecule has 0 bridgehead atoms. The molecule has 0 saturated carbocycles. The molecule has 0 amide bonds. The molecule has 0 fully saturated rings. The standard InChI is InChI=1S/C23H11O6/c24-21(25)15-7-4-12-14-6-9-17(23(28)29)20-16(22(26)27)8-5-13(19(14)20)10-2-1-3-11(15)18(10)12/h1-2,4-9H,(H,24,25)(H,26,27)(H,28,29). The highest BCUT2D eigenvalue weighted by atomic mass is 16.4. The van der Waals surface area contributed by atoms with Gasteiger partial charge in [-0.15, -0.1) is 0 Å². The molecule has 0 atom stereocenters. The average Bonchev–Trinajstić information content (AvgIpc) is 2.70. The Morgan fingerprint density at radius 3 is 1.52 bits per heavy atom. The van der Waals surface area contributed by atoms with Crippen molar-refractivity contribution < 1.29 is 29.7 Å². The number of hydrogen-bond acceptors (Lipinski definition) is 3. The molecular formula is C23H11O6. The van der Waals surface area contributed by atoms with Crippen LogP contribution in [-0.2, 0) is 0 Å². The number of carbonyl (C=O) groups is 3. The van der Waals surface area contributed by atoms with Crippen LogP contribution in [0.2, 0.25) is 0 Å². The zero-order chi connectivity index (χ0) is 20.4. The maximum absolute atomic E-state index is 11.8. The van der Waals surface area contributed by atoms with Gasteiger partial charge in [0.2, 0.25) is 0 Å². The van der Waals surface area contributed by atoms with Gasteiger partial charge < -0.3 is 15.3 Å². The summed E-state index contributed by atoms with van der Waals surface area (Å²) in [6.45, 7) is 0. The summed E-state index contributed by atoms with van der Waals surface area (Å²) in [6, 6.07) is 15.6. The minimum Gasteiger partial charge on any atom is -0.478 e. The van der Waals surface area contributed by atoms with Gasteiger partial charge in [-0.3, -0.25) is 0 Å². The molecule has 5 aromatic rings. The summed E-state index contributed by atoms with van der Waals surface area (Å²) in [7, 11) is 0. The summed E-state index contributed by atoms with van der Waals surface area (Å²) >= 11 is 0. The van der Waals surface area contributed by atoms with Gasteiger partial charge in [0.25, 0.3) is 0 Å². The van der Waals surface area contributed by atoms with Gasteiger partial charge in [0.15, 0.2) is 0 Å². The molecule has 5 aromatic carbocycles. The van der Waals surface area contributed by atoms with Crippen molar-refractivity contribution in [2.45, 2.75) is 0 Å². The topological polar surface area (TPSA) is 112 Å². The van der Waals surface area contributed by atoms with E-state index in [1.165, 1.54) is 18.2 Å². The predicted molar refractivity (Wildman–Crippen MR) is 107 cm³/mol. The number of carboxylic acid groups (broad SMARTS) is 3. The van der Waals surface area contributed by atoms with Crippen molar-refractivity contribution in [2.75, 3.05) is 0 Å². The average molecular weight is 383 g/mol. The van der Waals surface area contributed by atoms with Crippen LogP contribution in [0, 0.1) is 6.07 Å². The molecule has 0 unspecified atom stereocenters. The third-order valence-electron chi connectivity index (χ3n) is 5.38. The van der Waals surface area contributed by atoms with Crippen LogP contribution in [0.1, 0.15) is 31.1 Å². The van der Waals surface area contributed by atoms with E-state index in [9.17, 15) is 29.7 Å². The molecule has 0 aliphatic carbocycles. The number of fused-ring (bicyclic) bond motifs is 2. The summed E-state index contributed by atoms with van der Waals surface area (Å²) in [6.07, 6.45) is 0. The number of carboxylic acids is 3. The first-order chi connectivity index (χ1) is 13.9. The summed E-state index contributed by atoms with van der Waals surface area (Å²) < 4.78 is 0. The van der Waals surface area contributed by atoms with Gasteiger partial charge in [-0.1, -0.05) is 30.3 Å². The van der Waals surface area contributed by atoms with E-state index in [-0.39, 0.29) is 22.1 Å². The Morgan fingerprint density at radius 2 is 1.00 bits per heavy atom. The van der Waals surface area contributed by atoms with Crippen LogP contribution >= 0.6 is 0 Å². The lowest BCUT2D eigenvalue weighted by Crippen LogP contribution is -2.05. The molecular weight excluding hydrogens is 372 g/mol. The first-order valence-corrected chi connectivity index (χ1v) is 8.68. The van der Waals surface area contributed by atoms with E-state index in [1.807, 2.05) is 0 Å². The highest BCUT2D eigenvalue weighted by molar-refractivity contribution is 6.36. The maximum Gasteiger partial charge on any atom is 0.336 e. The number of hydrogen-bond donors (Lipinski definition) is 3. The van der Waals surface area contributed by atoms with Crippen LogP contribution in [0.15, 0.2) is 48.5 Å². The van der Waals surface area contributed by atoms with Crippen molar-refractivity contribution >= 4 is 61.0 Å². The number of aromatic carboxylic acids is 3. The summed E-state index contributed by atoms with van der Waals surface area (Å²) in [4.78, 5) is 35.3. The van der Waals surface area contributed by atoms with E-state index in [1.54, 1.807) is 30.3 Å². The first kappa shape index (κ1) is 16.9. The van der Waals surface area contributed by atoms with Crippen molar-refractivity contribution in [1.29, 1.82) is 0 Å². The second-order valence-corrected chi connectivity index (χ2v) is 6.79. The van der Waals surface area contributed by atoms with E-state index in [4.69, 9.17) is 0 Å². The minimum absolute atomic E-state index is 0.0904. The van der Waals surface area contributed by atoms with Crippen molar-refractivity contribution in [3.63, 3.8) is 0 Å². The monoisotopic (exact) mass is 383 g/mol. The quantitative estimate of drug-likeness (QED) is 0.309. The van der Waals surface area contributed by atoms with Gasteiger partial charge in [-0.05, 0) is 56.6 Å². The van der Waals surface area contributed by atoms with E-state index in [0.717, 1.165) is 0 Å². The zero-order valence-electron chi connectivity index (χ0n) is 14.7. The normalized spacial score (nSPS) is 11.6. The molecule has 139 valence electrons. The molecule has 6 nitrogen and oxygen atoms in total. The fraction of sp³-hybridized carbons (Fsp3) is 0. The largest absolute Gasteiger partial charge is 0.478 e. The smallest absolute Gasteiger partial charge is 0.336 e. The maximum atomic E-state index is 11.8. The SMILES string of the molecule is O=C(O)c1ccc2c3ccc(C(=O)O)c4c(C(=O)O)ccc(c5cc[c]c1c52)c43. The fourth-order valence-corrected chi connectivity index (χ4v) is 4.25. The summed E-state index contributed by atoms with van der Waals surface area (Å²) in [5.41, 5.74) is -0.0608. The molecule has 5 rings (SSSR count). The van der Waals surface area contributed by atoms with Gasteiger partial charge >= 0.3 is 17.9 Å². The molecule has 0 aromatic heterocycles. The Kier molecular flexibility index (Phi) is 3.30. The van der Waals surface area contributed by atoms with Crippen molar-refractivity contribution in [3.05, 3.63) is 71.3 Å². The minimum atomic E-state index is -1.21. The third kappa shape index (κ3) is 2.14. The first-order valence-electron chi connectivity index (χ1n) is 8.68. The molecule has 29 heavy (non-hydrogen) atoms. The van der Waals surface area contributed by atoms with Crippen LogP contribution in [0.4, 0.5) is 0 Å². The lowest BCUT2D eigenvalue weighted by molar-refractivity contribution is 0.0685. The van der Waals surface area contributed by atoms with E-state index in [0.29, 0.717) is 37.7 Å². The molecule has 0 aliphatic heterocycles. The zero-order valence-corrected chi connectivity index (χ0v) is 14.7. The molecule has 0 saturated heterocycles. The Balaban J connectivity index is 2.16. The lowest BCUT2D eigenvalue weighted by Gasteiger charge is -2.17. The highest BCUT2D eigenvalue weighted by Crippen LogP contribution is 2.42.